The van der Waals surface area contributed by atoms with Gasteiger partial charge in [-0.15, -0.1) is 0 Å². The van der Waals surface area contributed by atoms with Gasteiger partial charge in [-0.1, -0.05) is 182 Å². The number of hydrogen-bond acceptors (Lipinski definition) is 7. The first-order valence-electron chi connectivity index (χ1n) is 25.9. The third kappa shape index (κ3) is 32.6. The Morgan fingerprint density at radius 3 is 1.21 bits per heavy atom. The quantitative estimate of drug-likeness (QED) is 0.0485. The molecule has 0 aromatic rings. The van der Waals surface area contributed by atoms with E-state index in [1.807, 2.05) is 0 Å². The highest BCUT2D eigenvalue weighted by atomic mass is 16.5. The van der Waals surface area contributed by atoms with E-state index in [1.54, 1.807) is 0 Å². The fourth-order valence-electron chi connectivity index (χ4n) is 8.66. The third-order valence-corrected chi connectivity index (χ3v) is 12.8. The van der Waals surface area contributed by atoms with Crippen LogP contribution in [-0.2, 0) is 19.1 Å². The minimum atomic E-state index is -0.125. The van der Waals surface area contributed by atoms with E-state index in [2.05, 4.69) is 37.5 Å². The van der Waals surface area contributed by atoms with E-state index in [9.17, 15) is 14.7 Å². The number of aliphatic hydroxyl groups excluding tert-OH is 1. The Bertz CT molecular complexity index is 836. The summed E-state index contributed by atoms with van der Waals surface area (Å²) in [5.41, 5.74) is 0. The lowest BCUT2D eigenvalue weighted by atomic mass is 9.94. The lowest BCUT2D eigenvalue weighted by Gasteiger charge is -2.32. The van der Waals surface area contributed by atoms with Crippen LogP contribution >= 0.6 is 0 Å². The van der Waals surface area contributed by atoms with Gasteiger partial charge in [-0.05, 0) is 77.3 Å². The van der Waals surface area contributed by atoms with E-state index >= 15 is 0 Å². The maximum absolute atomic E-state index is 13.1. The Balaban J connectivity index is 2.41. The first kappa shape index (κ1) is 54.8. The molecule has 2 unspecified atom stereocenters. The summed E-state index contributed by atoms with van der Waals surface area (Å²) in [6.45, 7) is 16.6. The van der Waals surface area contributed by atoms with Gasteiger partial charge in [0.05, 0.1) is 31.2 Å². The van der Waals surface area contributed by atoms with E-state index in [0.29, 0.717) is 13.2 Å². The summed E-state index contributed by atoms with van der Waals surface area (Å²) in [6.07, 6.45) is 39.5. The van der Waals surface area contributed by atoms with Crippen LogP contribution in [0.1, 0.15) is 246 Å². The van der Waals surface area contributed by atoms with Crippen LogP contribution < -0.4 is 0 Å². The highest BCUT2D eigenvalue weighted by Crippen LogP contribution is 2.22. The first-order chi connectivity index (χ1) is 28.4. The smallest absolute Gasteiger partial charge is 0.308 e. The topological polar surface area (TPSA) is 79.3 Å². The van der Waals surface area contributed by atoms with E-state index in [-0.39, 0.29) is 29.9 Å². The second kappa shape index (κ2) is 41.2. The number of esters is 2. The summed E-state index contributed by atoms with van der Waals surface area (Å²) in [7, 11) is 0. The molecule has 1 N–H and O–H groups in total. The van der Waals surface area contributed by atoms with Crippen LogP contribution in [0, 0.1) is 11.8 Å². The van der Waals surface area contributed by atoms with Crippen molar-refractivity contribution in [2.75, 3.05) is 52.5 Å². The van der Waals surface area contributed by atoms with Crippen molar-refractivity contribution in [3.05, 3.63) is 0 Å². The van der Waals surface area contributed by atoms with E-state index in [0.717, 1.165) is 129 Å². The molecule has 0 aliphatic carbocycles. The Kier molecular flexibility index (Phi) is 38.9. The van der Waals surface area contributed by atoms with Gasteiger partial charge >= 0.3 is 11.9 Å². The van der Waals surface area contributed by atoms with Crippen LogP contribution in [0.3, 0.4) is 0 Å². The molecule has 0 amide bonds. The zero-order valence-corrected chi connectivity index (χ0v) is 39.4. The van der Waals surface area contributed by atoms with Crippen LogP contribution in [0.15, 0.2) is 0 Å². The van der Waals surface area contributed by atoms with Crippen molar-refractivity contribution in [1.29, 1.82) is 0 Å². The van der Waals surface area contributed by atoms with Crippen molar-refractivity contribution in [1.82, 2.24) is 9.80 Å². The summed E-state index contributed by atoms with van der Waals surface area (Å²) in [5.74, 6) is 0.300. The minimum Gasteiger partial charge on any atom is -0.465 e. The number of ether oxygens (including phenoxy) is 2. The molecule has 0 radical (unpaired) electrons. The van der Waals surface area contributed by atoms with E-state index in [1.165, 1.54) is 128 Å². The number of hydrogen-bond donors (Lipinski definition) is 1. The van der Waals surface area contributed by atoms with Gasteiger partial charge in [0.25, 0.3) is 0 Å². The van der Waals surface area contributed by atoms with Crippen molar-refractivity contribution in [2.24, 2.45) is 11.8 Å². The number of carbonyl (C=O) groups excluding carboxylic acids is 2. The number of nitrogens with zero attached hydrogens (tertiary/aromatic N) is 2. The summed E-state index contributed by atoms with van der Waals surface area (Å²) in [5, 5.41) is 9.98. The fraction of sp³-hybridized carbons (Fsp3) is 0.961. The van der Waals surface area contributed by atoms with E-state index < -0.39 is 0 Å². The zero-order valence-electron chi connectivity index (χ0n) is 39.4. The lowest BCUT2D eigenvalue weighted by Crippen LogP contribution is -2.41. The van der Waals surface area contributed by atoms with Crippen LogP contribution in [0.5, 0.6) is 0 Å². The average molecular weight is 821 g/mol. The number of piperidine rings is 1. The molecule has 1 rings (SSSR count). The molecule has 1 fully saturated rings. The van der Waals surface area contributed by atoms with Gasteiger partial charge < -0.3 is 24.4 Å². The molecule has 1 aliphatic heterocycles. The average Bonchev–Trinajstić information content (AvgIpc) is 3.23. The van der Waals surface area contributed by atoms with Gasteiger partial charge in [0.1, 0.15) is 0 Å². The van der Waals surface area contributed by atoms with Crippen molar-refractivity contribution in [2.45, 2.75) is 252 Å². The summed E-state index contributed by atoms with van der Waals surface area (Å²) in [6, 6.07) is 0. The molecule has 344 valence electrons. The molecule has 7 heteroatoms. The summed E-state index contributed by atoms with van der Waals surface area (Å²) in [4.78, 5) is 31.3. The van der Waals surface area contributed by atoms with Gasteiger partial charge in [0.2, 0.25) is 0 Å². The number of unbranched alkanes of at least 4 members (excludes halogenated alkanes) is 22. The highest BCUT2D eigenvalue weighted by Gasteiger charge is 2.21. The molecule has 0 aromatic carbocycles. The number of rotatable bonds is 43. The zero-order chi connectivity index (χ0) is 42.2. The van der Waals surface area contributed by atoms with Crippen molar-refractivity contribution >= 4 is 11.9 Å². The predicted octanol–water partition coefficient (Wildman–Crippen LogP) is 13.6. The molecule has 7 nitrogen and oxygen atoms in total. The maximum atomic E-state index is 13.1. The molecule has 0 spiro atoms. The Morgan fingerprint density at radius 1 is 0.483 bits per heavy atom. The molecule has 1 aliphatic rings. The van der Waals surface area contributed by atoms with Gasteiger partial charge in [-0.2, -0.15) is 0 Å². The normalized spacial score (nSPS) is 14.9. The molecule has 1 saturated heterocycles. The predicted molar refractivity (Wildman–Crippen MR) is 247 cm³/mol. The first-order valence-corrected chi connectivity index (χ1v) is 25.9. The number of carbonyl (C=O) groups is 2. The van der Waals surface area contributed by atoms with Gasteiger partial charge in [0.15, 0.2) is 0 Å². The van der Waals surface area contributed by atoms with Crippen LogP contribution in [0.4, 0.5) is 0 Å². The standard InChI is InChI=1S/C51H100N2O5/c1-5-9-13-17-19-27-35-47(33-25-15-11-7-3)50(55)57-45-31-23-21-29-39-52(43-44-53-41-37-49(54)38-42-53)40-30-22-24-32-46-58-51(56)48(34-26-16-12-8-4)36-28-20-18-14-10-6-2/h47-49,54H,5-46H2,1-4H3. The second-order valence-electron chi connectivity index (χ2n) is 18.3. The molecule has 0 saturated carbocycles. The van der Waals surface area contributed by atoms with Crippen LogP contribution in [0.2, 0.25) is 0 Å². The molecule has 0 aromatic heterocycles. The van der Waals surface area contributed by atoms with Crippen LogP contribution in [0.25, 0.3) is 0 Å². The Hall–Kier alpha value is -1.18. The van der Waals surface area contributed by atoms with Gasteiger partial charge in [-0.3, -0.25) is 9.59 Å². The molecule has 58 heavy (non-hydrogen) atoms. The maximum Gasteiger partial charge on any atom is 0.308 e. The molecule has 1 heterocycles. The monoisotopic (exact) mass is 821 g/mol. The molecular weight excluding hydrogens is 721 g/mol. The summed E-state index contributed by atoms with van der Waals surface area (Å²) >= 11 is 0. The third-order valence-electron chi connectivity index (χ3n) is 12.8. The molecular formula is C51H100N2O5. The van der Waals surface area contributed by atoms with Crippen LogP contribution in [-0.4, -0.2) is 85.4 Å². The highest BCUT2D eigenvalue weighted by molar-refractivity contribution is 5.72. The molecule has 2 atom stereocenters. The van der Waals surface area contributed by atoms with Gasteiger partial charge in [0, 0.05) is 26.2 Å². The van der Waals surface area contributed by atoms with Crippen molar-refractivity contribution in [3.8, 4) is 0 Å². The van der Waals surface area contributed by atoms with Crippen molar-refractivity contribution < 1.29 is 24.2 Å². The Labute approximate surface area is 361 Å². The second-order valence-corrected chi connectivity index (χ2v) is 18.3. The molecule has 0 bridgehead atoms. The SMILES string of the molecule is CCCCCCCCC(CCCCCC)C(=O)OCCCCCCN(CCCCCCOC(=O)C(CCCCCC)CCCCCCCC)CCN1CCC(O)CC1. The van der Waals surface area contributed by atoms with Gasteiger partial charge in [-0.25, -0.2) is 0 Å². The summed E-state index contributed by atoms with van der Waals surface area (Å²) < 4.78 is 11.7. The number of aliphatic hydroxyl groups is 1. The lowest BCUT2D eigenvalue weighted by molar-refractivity contribution is -0.150. The minimum absolute atomic E-state index is 0.0603. The van der Waals surface area contributed by atoms with E-state index in [4.69, 9.17) is 9.47 Å². The van der Waals surface area contributed by atoms with Crippen molar-refractivity contribution in [3.63, 3.8) is 0 Å². The largest absolute Gasteiger partial charge is 0.465 e. The fourth-order valence-corrected chi connectivity index (χ4v) is 8.66. The number of likely N-dealkylation sites (tertiary alicyclic amines) is 1. The Morgan fingerprint density at radius 2 is 0.810 bits per heavy atom.